The molecule has 1 N–H and O–H groups in total. The number of nitrogens with zero attached hydrogens (tertiary/aromatic N) is 1. The van der Waals surface area contributed by atoms with Gasteiger partial charge in [-0.15, -0.1) is 0 Å². The number of aromatic nitrogens is 1. The predicted molar refractivity (Wildman–Crippen MR) is 95.1 cm³/mol. The number of hydrogen-bond acceptors (Lipinski definition) is 3. The van der Waals surface area contributed by atoms with Gasteiger partial charge in [0.25, 0.3) is 0 Å². The number of aryl methyl sites for hydroxylation is 1. The molecule has 0 amide bonds. The van der Waals surface area contributed by atoms with Crippen LogP contribution in [0.1, 0.15) is 22.8 Å². The highest BCUT2D eigenvalue weighted by Gasteiger charge is 2.15. The SMILES string of the molecule is CCOc1ccc(-c2cc(C(=O)O)c3ccc(Cl)c(C)c3n2)cc1. The van der Waals surface area contributed by atoms with Crippen LogP contribution in [0.2, 0.25) is 5.02 Å². The maximum atomic E-state index is 11.7. The van der Waals surface area contributed by atoms with Crippen LogP contribution in [0.15, 0.2) is 42.5 Å². The average Bonchev–Trinajstić information content (AvgIpc) is 2.58. The van der Waals surface area contributed by atoms with Crippen molar-refractivity contribution in [2.24, 2.45) is 0 Å². The first-order valence-electron chi connectivity index (χ1n) is 7.57. The van der Waals surface area contributed by atoms with Crippen molar-refractivity contribution in [2.75, 3.05) is 6.61 Å². The summed E-state index contributed by atoms with van der Waals surface area (Å²) in [5.74, 6) is -0.226. The number of rotatable bonds is 4. The minimum Gasteiger partial charge on any atom is -0.494 e. The number of carboxylic acid groups (broad SMARTS) is 1. The van der Waals surface area contributed by atoms with Gasteiger partial charge in [-0.05, 0) is 55.8 Å². The van der Waals surface area contributed by atoms with Crippen LogP contribution >= 0.6 is 11.6 Å². The number of carboxylic acids is 1. The molecule has 0 bridgehead atoms. The van der Waals surface area contributed by atoms with Gasteiger partial charge in [0.2, 0.25) is 0 Å². The Bertz CT molecular complexity index is 920. The third kappa shape index (κ3) is 2.93. The minimum absolute atomic E-state index is 0.212. The number of pyridine rings is 1. The second-order valence-corrected chi connectivity index (χ2v) is 5.79. The fourth-order valence-corrected chi connectivity index (χ4v) is 2.77. The molecule has 0 unspecified atom stereocenters. The Morgan fingerprint density at radius 1 is 1.21 bits per heavy atom. The first-order valence-corrected chi connectivity index (χ1v) is 7.95. The molecule has 0 radical (unpaired) electrons. The van der Waals surface area contributed by atoms with E-state index in [1.165, 1.54) is 0 Å². The van der Waals surface area contributed by atoms with E-state index in [9.17, 15) is 9.90 Å². The normalized spacial score (nSPS) is 10.8. The molecule has 5 heteroatoms. The quantitative estimate of drug-likeness (QED) is 0.728. The molecule has 1 heterocycles. The molecule has 4 nitrogen and oxygen atoms in total. The fraction of sp³-hybridized carbons (Fsp3) is 0.158. The predicted octanol–water partition coefficient (Wildman–Crippen LogP) is 4.96. The standard InChI is InChI=1S/C19H16ClNO3/c1-3-24-13-6-4-12(5-7-13)17-10-15(19(22)23)14-8-9-16(20)11(2)18(14)21-17/h4-10H,3H2,1-2H3,(H,22,23). The van der Waals surface area contributed by atoms with E-state index in [1.807, 2.05) is 38.1 Å². The zero-order valence-electron chi connectivity index (χ0n) is 13.3. The molecule has 0 spiro atoms. The number of hydrogen-bond donors (Lipinski definition) is 1. The van der Waals surface area contributed by atoms with Crippen LogP contribution in [-0.4, -0.2) is 22.7 Å². The summed E-state index contributed by atoms with van der Waals surface area (Å²) in [6, 6.07) is 12.4. The zero-order chi connectivity index (χ0) is 17.3. The number of halogens is 1. The molecule has 0 aliphatic carbocycles. The summed E-state index contributed by atoms with van der Waals surface area (Å²) in [4.78, 5) is 16.3. The summed E-state index contributed by atoms with van der Waals surface area (Å²) in [6.45, 7) is 4.35. The summed E-state index contributed by atoms with van der Waals surface area (Å²) in [6.07, 6.45) is 0. The van der Waals surface area contributed by atoms with Crippen molar-refractivity contribution in [1.29, 1.82) is 0 Å². The largest absolute Gasteiger partial charge is 0.494 e. The van der Waals surface area contributed by atoms with E-state index in [1.54, 1.807) is 18.2 Å². The maximum absolute atomic E-state index is 11.7. The van der Waals surface area contributed by atoms with E-state index < -0.39 is 5.97 Å². The number of fused-ring (bicyclic) bond motifs is 1. The lowest BCUT2D eigenvalue weighted by atomic mass is 10.0. The Labute approximate surface area is 144 Å². The Morgan fingerprint density at radius 3 is 2.54 bits per heavy atom. The van der Waals surface area contributed by atoms with Crippen molar-refractivity contribution in [3.8, 4) is 17.0 Å². The maximum Gasteiger partial charge on any atom is 0.336 e. The third-order valence-corrected chi connectivity index (χ3v) is 4.27. The van der Waals surface area contributed by atoms with E-state index >= 15 is 0 Å². The molecule has 3 rings (SSSR count). The van der Waals surface area contributed by atoms with E-state index in [0.717, 1.165) is 16.9 Å². The van der Waals surface area contributed by atoms with Crippen molar-refractivity contribution < 1.29 is 14.6 Å². The van der Waals surface area contributed by atoms with Gasteiger partial charge in [0.05, 0.1) is 23.4 Å². The van der Waals surface area contributed by atoms with E-state index in [4.69, 9.17) is 16.3 Å². The van der Waals surface area contributed by atoms with E-state index in [0.29, 0.717) is 28.2 Å². The summed E-state index contributed by atoms with van der Waals surface area (Å²) < 4.78 is 5.43. The highest BCUT2D eigenvalue weighted by molar-refractivity contribution is 6.32. The van der Waals surface area contributed by atoms with Crippen LogP contribution in [0.4, 0.5) is 0 Å². The summed E-state index contributed by atoms with van der Waals surface area (Å²) in [7, 11) is 0. The number of benzene rings is 2. The second kappa shape index (κ2) is 6.49. The molecule has 1 aromatic heterocycles. The van der Waals surface area contributed by atoms with Gasteiger partial charge < -0.3 is 9.84 Å². The Kier molecular flexibility index (Phi) is 4.40. The lowest BCUT2D eigenvalue weighted by Gasteiger charge is -2.10. The molecule has 3 aromatic rings. The van der Waals surface area contributed by atoms with Crippen molar-refractivity contribution in [1.82, 2.24) is 4.98 Å². The van der Waals surface area contributed by atoms with Crippen LogP contribution in [0.5, 0.6) is 5.75 Å². The number of carbonyl (C=O) groups is 1. The van der Waals surface area contributed by atoms with Crippen LogP contribution in [0, 0.1) is 6.92 Å². The fourth-order valence-electron chi connectivity index (χ4n) is 2.62. The van der Waals surface area contributed by atoms with Gasteiger partial charge in [-0.3, -0.25) is 0 Å². The van der Waals surface area contributed by atoms with Gasteiger partial charge in [0.1, 0.15) is 5.75 Å². The van der Waals surface area contributed by atoms with Crippen molar-refractivity contribution >= 4 is 28.5 Å². The number of aromatic carboxylic acids is 1. The van der Waals surface area contributed by atoms with Crippen LogP contribution in [0.3, 0.4) is 0 Å². The Balaban J connectivity index is 2.21. The summed E-state index contributed by atoms with van der Waals surface area (Å²) >= 11 is 6.17. The molecular formula is C19H16ClNO3. The molecule has 2 aromatic carbocycles. The average molecular weight is 342 g/mol. The van der Waals surface area contributed by atoms with Gasteiger partial charge in [0.15, 0.2) is 0 Å². The molecule has 24 heavy (non-hydrogen) atoms. The molecule has 0 saturated heterocycles. The third-order valence-electron chi connectivity index (χ3n) is 3.86. The molecule has 122 valence electrons. The smallest absolute Gasteiger partial charge is 0.336 e. The van der Waals surface area contributed by atoms with Crippen molar-refractivity contribution in [2.45, 2.75) is 13.8 Å². The van der Waals surface area contributed by atoms with Crippen LogP contribution in [0.25, 0.3) is 22.2 Å². The van der Waals surface area contributed by atoms with Crippen LogP contribution < -0.4 is 4.74 Å². The zero-order valence-corrected chi connectivity index (χ0v) is 14.1. The Morgan fingerprint density at radius 2 is 1.92 bits per heavy atom. The lowest BCUT2D eigenvalue weighted by molar-refractivity contribution is 0.0699. The number of ether oxygens (including phenoxy) is 1. The highest BCUT2D eigenvalue weighted by Crippen LogP contribution is 2.30. The van der Waals surface area contributed by atoms with Gasteiger partial charge in [0, 0.05) is 16.0 Å². The molecule has 0 fully saturated rings. The molecular weight excluding hydrogens is 326 g/mol. The van der Waals surface area contributed by atoms with Gasteiger partial charge in [-0.25, -0.2) is 9.78 Å². The van der Waals surface area contributed by atoms with Gasteiger partial charge in [-0.1, -0.05) is 17.7 Å². The Hall–Kier alpha value is -2.59. The van der Waals surface area contributed by atoms with Crippen molar-refractivity contribution in [3.05, 3.63) is 58.6 Å². The second-order valence-electron chi connectivity index (χ2n) is 5.39. The molecule has 0 saturated carbocycles. The van der Waals surface area contributed by atoms with Crippen molar-refractivity contribution in [3.63, 3.8) is 0 Å². The highest BCUT2D eigenvalue weighted by atomic mass is 35.5. The monoisotopic (exact) mass is 341 g/mol. The van der Waals surface area contributed by atoms with E-state index in [2.05, 4.69) is 4.98 Å². The molecule has 0 atom stereocenters. The van der Waals surface area contributed by atoms with E-state index in [-0.39, 0.29) is 5.56 Å². The minimum atomic E-state index is -0.990. The molecule has 0 aliphatic rings. The topological polar surface area (TPSA) is 59.4 Å². The molecule has 0 aliphatic heterocycles. The first-order chi connectivity index (χ1) is 11.5. The van der Waals surface area contributed by atoms with Gasteiger partial charge >= 0.3 is 5.97 Å². The lowest BCUT2D eigenvalue weighted by Crippen LogP contribution is -2.01. The van der Waals surface area contributed by atoms with Gasteiger partial charge in [-0.2, -0.15) is 0 Å². The summed E-state index contributed by atoms with van der Waals surface area (Å²) in [5.41, 5.74) is 3.00. The van der Waals surface area contributed by atoms with Crippen LogP contribution in [-0.2, 0) is 0 Å². The first kappa shape index (κ1) is 16.3. The summed E-state index contributed by atoms with van der Waals surface area (Å²) in [5, 5.41) is 10.7.